The van der Waals surface area contributed by atoms with E-state index in [0.717, 1.165) is 17.7 Å². The molecule has 1 aromatic heterocycles. The van der Waals surface area contributed by atoms with Crippen molar-refractivity contribution in [1.29, 1.82) is 0 Å². The molecule has 19 heavy (non-hydrogen) atoms. The highest BCUT2D eigenvalue weighted by atomic mass is 32.1. The molecule has 0 saturated carbocycles. The Morgan fingerprint density at radius 3 is 2.84 bits per heavy atom. The van der Waals surface area contributed by atoms with E-state index in [2.05, 4.69) is 42.1 Å². The quantitative estimate of drug-likeness (QED) is 0.824. The molecule has 2 aromatic rings. The summed E-state index contributed by atoms with van der Waals surface area (Å²) in [4.78, 5) is 0.435. The van der Waals surface area contributed by atoms with Gasteiger partial charge in [0.1, 0.15) is 4.99 Å². The van der Waals surface area contributed by atoms with Crippen LogP contribution >= 0.6 is 23.6 Å². The lowest BCUT2D eigenvalue weighted by Gasteiger charge is -2.18. The average Bonchev–Trinajstić information content (AvgIpc) is 2.81. The van der Waals surface area contributed by atoms with Crippen LogP contribution < -0.4 is 11.1 Å². The van der Waals surface area contributed by atoms with E-state index in [4.69, 9.17) is 18.0 Å². The van der Waals surface area contributed by atoms with Crippen LogP contribution in [0, 0.1) is 6.92 Å². The molecule has 0 aliphatic carbocycles. The third-order valence-corrected chi connectivity index (χ3v) is 3.92. The third kappa shape index (κ3) is 3.78. The fourth-order valence-corrected chi connectivity index (χ4v) is 2.93. The summed E-state index contributed by atoms with van der Waals surface area (Å²) in [5.41, 5.74) is 10.3. The van der Waals surface area contributed by atoms with Gasteiger partial charge in [0, 0.05) is 17.3 Å². The van der Waals surface area contributed by atoms with E-state index in [9.17, 15) is 0 Å². The molecule has 3 N–H and O–H groups in total. The summed E-state index contributed by atoms with van der Waals surface area (Å²) >= 11 is 6.83. The Labute approximate surface area is 123 Å². The van der Waals surface area contributed by atoms with E-state index >= 15 is 0 Å². The molecule has 1 unspecified atom stereocenters. The summed E-state index contributed by atoms with van der Waals surface area (Å²) in [6.45, 7) is 4.24. The number of hydrogen-bond donors (Lipinski definition) is 2. The molecule has 4 heteroatoms. The van der Waals surface area contributed by atoms with Gasteiger partial charge in [-0.25, -0.2) is 0 Å². The number of anilines is 1. The van der Waals surface area contributed by atoms with Crippen LogP contribution in [-0.2, 0) is 6.42 Å². The fraction of sp³-hybridized carbons (Fsp3) is 0.267. The van der Waals surface area contributed by atoms with Gasteiger partial charge in [-0.2, -0.15) is 11.3 Å². The van der Waals surface area contributed by atoms with E-state index in [1.807, 2.05) is 12.1 Å². The van der Waals surface area contributed by atoms with E-state index < -0.39 is 0 Å². The molecule has 0 amide bonds. The zero-order valence-electron chi connectivity index (χ0n) is 11.1. The van der Waals surface area contributed by atoms with Crippen molar-refractivity contribution in [2.45, 2.75) is 26.3 Å². The molecule has 0 saturated heterocycles. The Bertz CT molecular complexity index is 562. The van der Waals surface area contributed by atoms with Crippen LogP contribution in [0.15, 0.2) is 35.0 Å². The van der Waals surface area contributed by atoms with Crippen LogP contribution in [0.25, 0.3) is 0 Å². The molecule has 1 aromatic carbocycles. The number of aryl methyl sites for hydroxylation is 1. The Hall–Kier alpha value is -1.39. The van der Waals surface area contributed by atoms with Gasteiger partial charge < -0.3 is 11.1 Å². The molecular formula is C15H18N2S2. The first kappa shape index (κ1) is 14.0. The molecular weight excluding hydrogens is 272 g/mol. The Morgan fingerprint density at radius 1 is 1.42 bits per heavy atom. The molecule has 2 nitrogen and oxygen atoms in total. The lowest BCUT2D eigenvalue weighted by molar-refractivity contribution is 0.792. The van der Waals surface area contributed by atoms with Gasteiger partial charge >= 0.3 is 0 Å². The second-order valence-electron chi connectivity index (χ2n) is 4.79. The molecule has 0 spiro atoms. The van der Waals surface area contributed by atoms with Crippen LogP contribution in [0.5, 0.6) is 0 Å². The summed E-state index contributed by atoms with van der Waals surface area (Å²) in [5, 5.41) is 7.80. The van der Waals surface area contributed by atoms with E-state index in [1.54, 1.807) is 11.3 Å². The predicted molar refractivity (Wildman–Crippen MR) is 88.2 cm³/mol. The fourth-order valence-electron chi connectivity index (χ4n) is 2.07. The zero-order chi connectivity index (χ0) is 13.8. The van der Waals surface area contributed by atoms with Crippen molar-refractivity contribution in [3.8, 4) is 0 Å². The topological polar surface area (TPSA) is 38.0 Å². The van der Waals surface area contributed by atoms with Crippen molar-refractivity contribution >= 4 is 34.2 Å². The van der Waals surface area contributed by atoms with Gasteiger partial charge in [0.15, 0.2) is 0 Å². The van der Waals surface area contributed by atoms with Crippen molar-refractivity contribution in [2.24, 2.45) is 5.73 Å². The molecule has 0 bridgehead atoms. The van der Waals surface area contributed by atoms with Gasteiger partial charge in [0.25, 0.3) is 0 Å². The zero-order valence-corrected chi connectivity index (χ0v) is 12.8. The Morgan fingerprint density at radius 2 is 2.21 bits per heavy atom. The summed E-state index contributed by atoms with van der Waals surface area (Å²) < 4.78 is 0. The summed E-state index contributed by atoms with van der Waals surface area (Å²) in [5.74, 6) is 0. The van der Waals surface area contributed by atoms with E-state index in [0.29, 0.717) is 11.0 Å². The predicted octanol–water partition coefficient (Wildman–Crippen LogP) is 3.73. The number of nitrogens with two attached hydrogens (primary N) is 1. The van der Waals surface area contributed by atoms with Crippen LogP contribution in [0.2, 0.25) is 0 Å². The van der Waals surface area contributed by atoms with E-state index in [1.165, 1.54) is 11.1 Å². The average molecular weight is 290 g/mol. The van der Waals surface area contributed by atoms with Gasteiger partial charge in [-0.1, -0.05) is 18.3 Å². The van der Waals surface area contributed by atoms with Gasteiger partial charge in [0.2, 0.25) is 0 Å². The molecule has 0 aliphatic rings. The molecule has 100 valence electrons. The van der Waals surface area contributed by atoms with Gasteiger partial charge in [-0.05, 0) is 60.4 Å². The van der Waals surface area contributed by atoms with Crippen molar-refractivity contribution in [1.82, 2.24) is 0 Å². The highest BCUT2D eigenvalue weighted by Gasteiger charge is 2.09. The second-order valence-corrected chi connectivity index (χ2v) is 6.01. The van der Waals surface area contributed by atoms with Crippen LogP contribution in [-0.4, -0.2) is 11.0 Å². The highest BCUT2D eigenvalue weighted by molar-refractivity contribution is 7.80. The number of hydrogen-bond acceptors (Lipinski definition) is 3. The second kappa shape index (κ2) is 6.17. The summed E-state index contributed by atoms with van der Waals surface area (Å²) in [7, 11) is 0. The minimum atomic E-state index is 0.337. The Kier molecular flexibility index (Phi) is 4.56. The normalized spacial score (nSPS) is 12.1. The first-order valence-corrected chi connectivity index (χ1v) is 7.59. The smallest absolute Gasteiger partial charge is 0.106 e. The molecule has 1 atom stereocenters. The van der Waals surface area contributed by atoms with Crippen LogP contribution in [0.1, 0.15) is 23.6 Å². The Balaban J connectivity index is 2.13. The van der Waals surface area contributed by atoms with Crippen molar-refractivity contribution in [2.75, 3.05) is 5.32 Å². The minimum absolute atomic E-state index is 0.337. The highest BCUT2D eigenvalue weighted by Crippen LogP contribution is 2.20. The molecule has 1 heterocycles. The number of thiophene rings is 1. The maximum atomic E-state index is 5.77. The molecule has 0 radical (unpaired) electrons. The van der Waals surface area contributed by atoms with Gasteiger partial charge in [-0.3, -0.25) is 0 Å². The molecule has 2 rings (SSSR count). The first-order valence-electron chi connectivity index (χ1n) is 6.24. The van der Waals surface area contributed by atoms with Crippen molar-refractivity contribution in [3.63, 3.8) is 0 Å². The third-order valence-electron chi connectivity index (χ3n) is 2.96. The van der Waals surface area contributed by atoms with Crippen molar-refractivity contribution in [3.05, 3.63) is 51.7 Å². The summed E-state index contributed by atoms with van der Waals surface area (Å²) in [6.07, 6.45) is 0.994. The van der Waals surface area contributed by atoms with Crippen LogP contribution in [0.3, 0.4) is 0 Å². The maximum absolute atomic E-state index is 5.77. The first-order chi connectivity index (χ1) is 9.06. The summed E-state index contributed by atoms with van der Waals surface area (Å²) in [6, 6.07) is 8.61. The van der Waals surface area contributed by atoms with Crippen molar-refractivity contribution < 1.29 is 0 Å². The van der Waals surface area contributed by atoms with Crippen LogP contribution in [0.4, 0.5) is 5.69 Å². The lowest BCUT2D eigenvalue weighted by atomic mass is 10.1. The number of benzene rings is 1. The largest absolute Gasteiger partial charge is 0.389 e. The maximum Gasteiger partial charge on any atom is 0.106 e. The molecule has 0 fully saturated rings. The van der Waals surface area contributed by atoms with Gasteiger partial charge in [0.05, 0.1) is 0 Å². The monoisotopic (exact) mass is 290 g/mol. The number of nitrogens with one attached hydrogen (secondary N) is 1. The van der Waals surface area contributed by atoms with Gasteiger partial charge in [-0.15, -0.1) is 0 Å². The minimum Gasteiger partial charge on any atom is -0.389 e. The lowest BCUT2D eigenvalue weighted by Crippen LogP contribution is -2.21. The standard InChI is InChI=1S/C15H18N2S2/c1-10-3-4-13(15(16)18)14(7-10)17-11(2)8-12-5-6-19-9-12/h3-7,9,11,17H,8H2,1-2H3,(H2,16,18). The van der Waals surface area contributed by atoms with E-state index in [-0.39, 0.29) is 0 Å². The number of thiocarbonyl (C=S) groups is 1. The number of rotatable bonds is 5. The molecule has 0 aliphatic heterocycles. The SMILES string of the molecule is Cc1ccc(C(N)=S)c(NC(C)Cc2ccsc2)c1.